The highest BCUT2D eigenvalue weighted by Crippen LogP contribution is 1.95. The van der Waals surface area contributed by atoms with Crippen molar-refractivity contribution < 1.29 is 9.59 Å². The van der Waals surface area contributed by atoms with Crippen molar-refractivity contribution in [3.8, 4) is 0 Å². The summed E-state index contributed by atoms with van der Waals surface area (Å²) in [4.78, 5) is 21.3. The van der Waals surface area contributed by atoms with Gasteiger partial charge in [0.1, 0.15) is 0 Å². The van der Waals surface area contributed by atoms with Gasteiger partial charge in [0.15, 0.2) is 0 Å². The number of carbonyl (C=O) groups is 2. The molecule has 0 fully saturated rings. The first kappa shape index (κ1) is 12.2. The second-order valence-electron chi connectivity index (χ2n) is 3.36. The fourth-order valence-corrected chi connectivity index (χ4v) is 1.22. The van der Waals surface area contributed by atoms with Gasteiger partial charge in [-0.05, 0) is 18.5 Å². The molecule has 0 bridgehead atoms. The van der Waals surface area contributed by atoms with E-state index >= 15 is 0 Å². The van der Waals surface area contributed by atoms with Gasteiger partial charge in [-0.15, -0.1) is 0 Å². The third-order valence-electron chi connectivity index (χ3n) is 1.90. The molecule has 0 aliphatic carbocycles. The maximum absolute atomic E-state index is 11.0. The van der Waals surface area contributed by atoms with Gasteiger partial charge < -0.3 is 11.1 Å². The molecule has 0 aliphatic heterocycles. The number of nitrogens with zero attached hydrogens (tertiary/aromatic N) is 2. The molecule has 1 aromatic heterocycles. The van der Waals surface area contributed by atoms with Crippen LogP contribution in [0.5, 0.6) is 0 Å². The first-order valence-corrected chi connectivity index (χ1v) is 4.85. The molecule has 1 aromatic rings. The minimum atomic E-state index is -0.834. The van der Waals surface area contributed by atoms with Crippen molar-refractivity contribution in [1.29, 1.82) is 0 Å². The number of rotatable bonds is 5. The number of nitrogens with one attached hydrogen (secondary N) is 2. The zero-order valence-electron chi connectivity index (χ0n) is 9.06. The molecule has 16 heavy (non-hydrogen) atoms. The van der Waals surface area contributed by atoms with Crippen LogP contribution < -0.4 is 16.4 Å². The van der Waals surface area contributed by atoms with E-state index in [9.17, 15) is 9.59 Å². The highest BCUT2D eigenvalue weighted by molar-refractivity contribution is 5.94. The lowest BCUT2D eigenvalue weighted by Gasteiger charge is -2.02. The molecule has 7 nitrogen and oxygen atoms in total. The van der Waals surface area contributed by atoms with Crippen LogP contribution in [0.4, 0.5) is 4.79 Å². The quantitative estimate of drug-likeness (QED) is 0.545. The van der Waals surface area contributed by atoms with Gasteiger partial charge in [-0.3, -0.25) is 14.8 Å². The average Bonchev–Trinajstić information content (AvgIpc) is 2.58. The number of aromatic nitrogens is 2. The largest absolute Gasteiger partial charge is 0.351 e. The number of primary amides is 1. The second kappa shape index (κ2) is 5.86. The highest BCUT2D eigenvalue weighted by Gasteiger charge is 2.02. The third-order valence-corrected chi connectivity index (χ3v) is 1.90. The summed E-state index contributed by atoms with van der Waals surface area (Å²) in [6.07, 6.45) is 4.45. The fourth-order valence-electron chi connectivity index (χ4n) is 1.22. The fraction of sp³-hybridized carbons (Fsp3) is 0.444. The van der Waals surface area contributed by atoms with Crippen LogP contribution >= 0.6 is 0 Å². The van der Waals surface area contributed by atoms with E-state index < -0.39 is 11.9 Å². The molecule has 0 saturated heterocycles. The number of urea groups is 1. The third kappa shape index (κ3) is 4.56. The number of imide groups is 1. The van der Waals surface area contributed by atoms with Gasteiger partial charge in [0, 0.05) is 13.2 Å². The molecule has 0 atom stereocenters. The van der Waals surface area contributed by atoms with Crippen LogP contribution in [0.2, 0.25) is 0 Å². The highest BCUT2D eigenvalue weighted by atomic mass is 16.2. The number of carbonyl (C=O) groups excluding carboxylic acids is 2. The van der Waals surface area contributed by atoms with Gasteiger partial charge in [0.2, 0.25) is 5.91 Å². The lowest BCUT2D eigenvalue weighted by molar-refractivity contribution is -0.119. The summed E-state index contributed by atoms with van der Waals surface area (Å²) in [5.74, 6) is -0.432. The lowest BCUT2D eigenvalue weighted by atomic mass is 10.2. The Kier molecular flexibility index (Phi) is 4.46. The molecular weight excluding hydrogens is 210 g/mol. The summed E-state index contributed by atoms with van der Waals surface area (Å²) in [5, 5.41) is 8.88. The zero-order valence-corrected chi connectivity index (χ0v) is 9.06. The Bertz CT molecular complexity index is 374. The Morgan fingerprint density at radius 1 is 1.56 bits per heavy atom. The number of hydrogen-bond acceptors (Lipinski definition) is 4. The molecule has 1 rings (SSSR count). The summed E-state index contributed by atoms with van der Waals surface area (Å²) in [6, 6.07) is -0.834. The smallest absolute Gasteiger partial charge is 0.318 e. The maximum atomic E-state index is 11.0. The standard InChI is InChI=1S/C9H15N5O2/c1-14-6-7(4-12-14)2-3-11-5-8(15)13-9(10)16/h4,6,11H,2-3,5H2,1H3,(H3,10,13,15,16). The van der Waals surface area contributed by atoms with E-state index in [-0.39, 0.29) is 6.54 Å². The zero-order chi connectivity index (χ0) is 12.0. The summed E-state index contributed by atoms with van der Waals surface area (Å²) in [7, 11) is 1.84. The van der Waals surface area contributed by atoms with Crippen molar-refractivity contribution in [2.75, 3.05) is 13.1 Å². The molecule has 1 heterocycles. The van der Waals surface area contributed by atoms with Gasteiger partial charge in [-0.2, -0.15) is 5.10 Å². The molecular formula is C9H15N5O2. The van der Waals surface area contributed by atoms with Crippen molar-refractivity contribution in [3.05, 3.63) is 18.0 Å². The molecule has 0 aromatic carbocycles. The van der Waals surface area contributed by atoms with Crippen molar-refractivity contribution >= 4 is 11.9 Å². The van der Waals surface area contributed by atoms with Crippen LogP contribution in [0.15, 0.2) is 12.4 Å². The second-order valence-corrected chi connectivity index (χ2v) is 3.36. The van der Waals surface area contributed by atoms with Crippen LogP contribution in [0.1, 0.15) is 5.56 Å². The summed E-state index contributed by atoms with van der Waals surface area (Å²) in [5.41, 5.74) is 5.87. The Morgan fingerprint density at radius 2 is 2.31 bits per heavy atom. The molecule has 4 N–H and O–H groups in total. The van der Waals surface area contributed by atoms with Gasteiger partial charge in [-0.25, -0.2) is 4.79 Å². The number of aryl methyl sites for hydroxylation is 1. The van der Waals surface area contributed by atoms with Crippen LogP contribution in [-0.2, 0) is 18.3 Å². The van der Waals surface area contributed by atoms with E-state index in [1.54, 1.807) is 10.9 Å². The van der Waals surface area contributed by atoms with E-state index in [4.69, 9.17) is 5.73 Å². The predicted molar refractivity (Wildman–Crippen MR) is 57.5 cm³/mol. The number of hydrogen-bond donors (Lipinski definition) is 3. The SMILES string of the molecule is Cn1cc(CCNCC(=O)NC(N)=O)cn1. The van der Waals surface area contributed by atoms with Crippen molar-refractivity contribution in [2.24, 2.45) is 12.8 Å². The molecule has 3 amide bonds. The molecule has 0 radical (unpaired) electrons. The monoisotopic (exact) mass is 225 g/mol. The predicted octanol–water partition coefficient (Wildman–Crippen LogP) is -1.25. The Labute approximate surface area is 93.0 Å². The molecule has 88 valence electrons. The minimum Gasteiger partial charge on any atom is -0.351 e. The Morgan fingerprint density at radius 3 is 2.88 bits per heavy atom. The van der Waals surface area contributed by atoms with E-state index in [1.807, 2.05) is 18.6 Å². The summed E-state index contributed by atoms with van der Waals surface area (Å²) < 4.78 is 1.72. The summed E-state index contributed by atoms with van der Waals surface area (Å²) >= 11 is 0. The number of nitrogens with two attached hydrogens (primary N) is 1. The Hall–Kier alpha value is -1.89. The average molecular weight is 225 g/mol. The van der Waals surface area contributed by atoms with Gasteiger partial charge >= 0.3 is 6.03 Å². The minimum absolute atomic E-state index is 0.0726. The first-order chi connectivity index (χ1) is 7.58. The first-order valence-electron chi connectivity index (χ1n) is 4.85. The van der Waals surface area contributed by atoms with E-state index in [2.05, 4.69) is 10.4 Å². The normalized spacial score (nSPS) is 10.1. The van der Waals surface area contributed by atoms with Gasteiger partial charge in [0.25, 0.3) is 0 Å². The lowest BCUT2D eigenvalue weighted by Crippen LogP contribution is -2.40. The molecule has 7 heteroatoms. The van der Waals surface area contributed by atoms with Crippen molar-refractivity contribution in [3.63, 3.8) is 0 Å². The van der Waals surface area contributed by atoms with Crippen LogP contribution in [0, 0.1) is 0 Å². The molecule has 0 saturated carbocycles. The van der Waals surface area contributed by atoms with E-state index in [0.29, 0.717) is 6.54 Å². The van der Waals surface area contributed by atoms with E-state index in [0.717, 1.165) is 12.0 Å². The van der Waals surface area contributed by atoms with Crippen molar-refractivity contribution in [2.45, 2.75) is 6.42 Å². The van der Waals surface area contributed by atoms with E-state index in [1.165, 1.54) is 0 Å². The summed E-state index contributed by atoms with van der Waals surface area (Å²) in [6.45, 7) is 0.709. The topological polar surface area (TPSA) is 102 Å². The van der Waals surface area contributed by atoms with Crippen LogP contribution in [-0.4, -0.2) is 34.8 Å². The van der Waals surface area contributed by atoms with Gasteiger partial charge in [-0.1, -0.05) is 0 Å². The van der Waals surface area contributed by atoms with Gasteiger partial charge in [0.05, 0.1) is 12.7 Å². The maximum Gasteiger partial charge on any atom is 0.318 e. The number of amides is 3. The molecule has 0 spiro atoms. The van der Waals surface area contributed by atoms with Crippen LogP contribution in [0.25, 0.3) is 0 Å². The van der Waals surface area contributed by atoms with Crippen molar-refractivity contribution in [1.82, 2.24) is 20.4 Å². The molecule has 0 unspecified atom stereocenters. The van der Waals surface area contributed by atoms with Crippen LogP contribution in [0.3, 0.4) is 0 Å². The molecule has 0 aliphatic rings. The Balaban J connectivity index is 2.12.